The molecule has 0 atom stereocenters. The number of nitrogens with zero attached hydrogens (tertiary/aromatic N) is 2. The second-order valence-electron chi connectivity index (χ2n) is 5.13. The summed E-state index contributed by atoms with van der Waals surface area (Å²) in [6, 6.07) is 9.10. The summed E-state index contributed by atoms with van der Waals surface area (Å²) in [6.07, 6.45) is 3.20. The van der Waals surface area contributed by atoms with Gasteiger partial charge >= 0.3 is 5.97 Å². The molecule has 7 heteroatoms. The molecule has 25 heavy (non-hydrogen) atoms. The lowest BCUT2D eigenvalue weighted by molar-refractivity contribution is -0.133. The highest BCUT2D eigenvalue weighted by Gasteiger charge is 2.16. The zero-order chi connectivity index (χ0) is 18.2. The van der Waals surface area contributed by atoms with Crippen LogP contribution in [-0.4, -0.2) is 46.7 Å². The second-order valence-corrected chi connectivity index (χ2v) is 6.04. The van der Waals surface area contributed by atoms with Gasteiger partial charge in [0.2, 0.25) is 0 Å². The van der Waals surface area contributed by atoms with Crippen LogP contribution in [0, 0.1) is 0 Å². The molecule has 2 rings (SSSR count). The van der Waals surface area contributed by atoms with Crippen LogP contribution in [0.4, 0.5) is 0 Å². The summed E-state index contributed by atoms with van der Waals surface area (Å²) in [6.45, 7) is 7.55. The number of aromatic amines is 1. The van der Waals surface area contributed by atoms with E-state index in [1.807, 2.05) is 24.3 Å². The van der Waals surface area contributed by atoms with Crippen molar-refractivity contribution in [3.05, 3.63) is 65.8 Å². The van der Waals surface area contributed by atoms with Crippen LogP contribution in [0.15, 0.2) is 60.1 Å². The van der Waals surface area contributed by atoms with Gasteiger partial charge < -0.3 is 9.64 Å². The van der Waals surface area contributed by atoms with Crippen molar-refractivity contribution < 1.29 is 14.3 Å². The molecule has 0 spiro atoms. The Morgan fingerprint density at radius 1 is 1.20 bits per heavy atom. The van der Waals surface area contributed by atoms with Crippen molar-refractivity contribution in [2.75, 3.05) is 19.7 Å². The van der Waals surface area contributed by atoms with E-state index in [2.05, 4.69) is 39.3 Å². The van der Waals surface area contributed by atoms with Gasteiger partial charge in [-0.2, -0.15) is 5.10 Å². The summed E-state index contributed by atoms with van der Waals surface area (Å²) in [7, 11) is 0. The molecular formula is C18H18BrN3O3. The van der Waals surface area contributed by atoms with E-state index < -0.39 is 5.97 Å². The Bertz CT molecular complexity index is 758. The summed E-state index contributed by atoms with van der Waals surface area (Å²) in [5.74, 6) is -0.956. The number of esters is 1. The Morgan fingerprint density at radius 2 is 1.84 bits per heavy atom. The molecule has 0 fully saturated rings. The molecule has 1 amide bonds. The zero-order valence-corrected chi connectivity index (χ0v) is 15.2. The van der Waals surface area contributed by atoms with Crippen LogP contribution in [0.5, 0.6) is 0 Å². The van der Waals surface area contributed by atoms with E-state index in [1.165, 1.54) is 4.90 Å². The predicted octanol–water partition coefficient (Wildman–Crippen LogP) is 3.20. The Hall–Kier alpha value is -2.67. The lowest BCUT2D eigenvalue weighted by Crippen LogP contribution is -2.35. The molecule has 0 radical (unpaired) electrons. The number of benzene rings is 1. The van der Waals surface area contributed by atoms with Crippen molar-refractivity contribution in [3.8, 4) is 11.3 Å². The van der Waals surface area contributed by atoms with E-state index in [1.54, 1.807) is 18.2 Å². The highest BCUT2D eigenvalue weighted by atomic mass is 79.9. The highest BCUT2D eigenvalue weighted by molar-refractivity contribution is 9.10. The minimum Gasteiger partial charge on any atom is -0.451 e. The average Bonchev–Trinajstić information content (AvgIpc) is 3.10. The first-order valence-corrected chi connectivity index (χ1v) is 8.32. The lowest BCUT2D eigenvalue weighted by Gasteiger charge is -2.18. The molecule has 130 valence electrons. The van der Waals surface area contributed by atoms with Crippen LogP contribution in [0.25, 0.3) is 11.3 Å². The lowest BCUT2D eigenvalue weighted by atomic mass is 10.1. The maximum absolute atomic E-state index is 12.1. The van der Waals surface area contributed by atoms with Crippen molar-refractivity contribution in [1.29, 1.82) is 0 Å². The van der Waals surface area contributed by atoms with Gasteiger partial charge in [-0.3, -0.25) is 9.89 Å². The third-order valence-electron chi connectivity index (χ3n) is 3.32. The Morgan fingerprint density at radius 3 is 2.44 bits per heavy atom. The molecule has 2 aromatic rings. The first-order chi connectivity index (χ1) is 12.0. The largest absolute Gasteiger partial charge is 0.451 e. The number of rotatable bonds is 8. The number of halogens is 1. The fourth-order valence-corrected chi connectivity index (χ4v) is 2.35. The van der Waals surface area contributed by atoms with Gasteiger partial charge in [-0.25, -0.2) is 4.79 Å². The van der Waals surface area contributed by atoms with Crippen molar-refractivity contribution >= 4 is 27.8 Å². The Balaban J connectivity index is 1.97. The van der Waals surface area contributed by atoms with E-state index in [0.717, 1.165) is 10.0 Å². The molecule has 0 bridgehead atoms. The van der Waals surface area contributed by atoms with E-state index in [4.69, 9.17) is 4.74 Å². The fourth-order valence-electron chi connectivity index (χ4n) is 2.08. The minimum absolute atomic E-state index is 0.185. The monoisotopic (exact) mass is 403 g/mol. The molecule has 0 aliphatic carbocycles. The van der Waals surface area contributed by atoms with Crippen LogP contribution in [0.2, 0.25) is 0 Å². The fraction of sp³-hybridized carbons (Fsp3) is 0.167. The average molecular weight is 404 g/mol. The van der Waals surface area contributed by atoms with Gasteiger partial charge in [-0.05, 0) is 18.2 Å². The van der Waals surface area contributed by atoms with Gasteiger partial charge in [0.05, 0.1) is 5.69 Å². The van der Waals surface area contributed by atoms with Crippen LogP contribution in [0.1, 0.15) is 10.5 Å². The molecule has 0 saturated carbocycles. The van der Waals surface area contributed by atoms with Gasteiger partial charge in [0.1, 0.15) is 5.69 Å². The van der Waals surface area contributed by atoms with E-state index in [0.29, 0.717) is 18.8 Å². The van der Waals surface area contributed by atoms with E-state index in [-0.39, 0.29) is 18.2 Å². The van der Waals surface area contributed by atoms with E-state index >= 15 is 0 Å². The number of amides is 1. The predicted molar refractivity (Wildman–Crippen MR) is 99.0 cm³/mol. The molecule has 1 heterocycles. The standard InChI is InChI=1S/C18H18BrN3O3/c1-3-9-22(10-4-2)17(23)12-25-18(24)16-11-15(20-21-16)13-5-7-14(19)8-6-13/h3-8,11H,1-2,9-10,12H2,(H,20,21). The second kappa shape index (κ2) is 8.98. The summed E-state index contributed by atoms with van der Waals surface area (Å²) < 4.78 is 6.01. The highest BCUT2D eigenvalue weighted by Crippen LogP contribution is 2.20. The number of nitrogens with one attached hydrogen (secondary N) is 1. The zero-order valence-electron chi connectivity index (χ0n) is 13.6. The maximum Gasteiger partial charge on any atom is 0.356 e. The Kier molecular flexibility index (Phi) is 6.71. The van der Waals surface area contributed by atoms with E-state index in [9.17, 15) is 9.59 Å². The molecule has 0 aliphatic heterocycles. The first kappa shape index (κ1) is 18.7. The third-order valence-corrected chi connectivity index (χ3v) is 3.84. The SMILES string of the molecule is C=CCN(CC=C)C(=O)COC(=O)c1cc(-c2ccc(Br)cc2)n[nH]1. The molecule has 0 aliphatic rings. The molecule has 6 nitrogen and oxygen atoms in total. The number of hydrogen-bond acceptors (Lipinski definition) is 4. The third kappa shape index (κ3) is 5.15. The minimum atomic E-state index is -0.638. The topological polar surface area (TPSA) is 75.3 Å². The molecule has 0 unspecified atom stereocenters. The summed E-state index contributed by atoms with van der Waals surface area (Å²) in [5, 5.41) is 6.72. The van der Waals surface area contributed by atoms with Gasteiger partial charge in [0.25, 0.3) is 5.91 Å². The van der Waals surface area contributed by atoms with Crippen LogP contribution >= 0.6 is 15.9 Å². The smallest absolute Gasteiger partial charge is 0.356 e. The maximum atomic E-state index is 12.1. The normalized spacial score (nSPS) is 10.1. The number of carbonyl (C=O) groups excluding carboxylic acids is 2. The molecular weight excluding hydrogens is 386 g/mol. The van der Waals surface area contributed by atoms with Gasteiger partial charge in [-0.1, -0.05) is 40.2 Å². The van der Waals surface area contributed by atoms with Crippen LogP contribution in [0.3, 0.4) is 0 Å². The van der Waals surface area contributed by atoms with Crippen molar-refractivity contribution in [2.24, 2.45) is 0 Å². The number of aromatic nitrogens is 2. The quantitative estimate of drug-likeness (QED) is 0.542. The van der Waals surface area contributed by atoms with Gasteiger partial charge in [0, 0.05) is 23.1 Å². The number of H-pyrrole nitrogens is 1. The summed E-state index contributed by atoms with van der Waals surface area (Å²) in [4.78, 5) is 25.6. The number of ether oxygens (including phenoxy) is 1. The van der Waals surface area contributed by atoms with Crippen LogP contribution < -0.4 is 0 Å². The van der Waals surface area contributed by atoms with Gasteiger partial charge in [0.15, 0.2) is 6.61 Å². The molecule has 1 aromatic heterocycles. The van der Waals surface area contributed by atoms with Crippen molar-refractivity contribution in [1.82, 2.24) is 15.1 Å². The summed E-state index contributed by atoms with van der Waals surface area (Å²) >= 11 is 3.36. The van der Waals surface area contributed by atoms with Crippen LogP contribution in [-0.2, 0) is 9.53 Å². The Labute approximate surface area is 154 Å². The van der Waals surface area contributed by atoms with Crippen molar-refractivity contribution in [2.45, 2.75) is 0 Å². The first-order valence-electron chi connectivity index (χ1n) is 7.53. The molecule has 1 aromatic carbocycles. The van der Waals surface area contributed by atoms with Crippen molar-refractivity contribution in [3.63, 3.8) is 0 Å². The number of hydrogen-bond donors (Lipinski definition) is 1. The van der Waals surface area contributed by atoms with Gasteiger partial charge in [-0.15, -0.1) is 13.2 Å². The summed E-state index contributed by atoms with van der Waals surface area (Å²) in [5.41, 5.74) is 1.66. The molecule has 0 saturated heterocycles. The number of carbonyl (C=O) groups is 2. The molecule has 1 N–H and O–H groups in total.